The van der Waals surface area contributed by atoms with Gasteiger partial charge in [0.15, 0.2) is 0 Å². The number of benzene rings is 1. The van der Waals surface area contributed by atoms with E-state index in [2.05, 4.69) is 20.5 Å². The van der Waals surface area contributed by atoms with E-state index in [1.807, 2.05) is 41.0 Å². The number of para-hydroxylation sites is 1. The van der Waals surface area contributed by atoms with Gasteiger partial charge in [-0.3, -0.25) is 19.4 Å². The molecule has 10 heteroatoms. The number of hydrogen-bond donors (Lipinski definition) is 2. The minimum absolute atomic E-state index is 0.0684. The number of pyridine rings is 1. The maximum Gasteiger partial charge on any atom is 0.292 e. The van der Waals surface area contributed by atoms with Crippen molar-refractivity contribution in [3.05, 3.63) is 71.6 Å². The number of nitrogens with one attached hydrogen (secondary N) is 1. The van der Waals surface area contributed by atoms with Crippen molar-refractivity contribution >= 4 is 24.0 Å². The van der Waals surface area contributed by atoms with Gasteiger partial charge in [0, 0.05) is 37.6 Å². The molecule has 1 fully saturated rings. The molecule has 0 aliphatic carbocycles. The SMILES string of the molecule is O=C(c1nnc2n1CCCC2)N1CCC2(C(=O)Nc3ccccc32)C1c1cccnc1.O=CO. The summed E-state index contributed by atoms with van der Waals surface area (Å²) < 4.78 is 1.94. The Morgan fingerprint density at radius 3 is 2.76 bits per heavy atom. The number of nitrogens with zero attached hydrogens (tertiary/aromatic N) is 5. The molecule has 0 radical (unpaired) electrons. The van der Waals surface area contributed by atoms with Crippen LogP contribution in [0.3, 0.4) is 0 Å². The zero-order chi connectivity index (χ0) is 23.7. The van der Waals surface area contributed by atoms with Crippen LogP contribution in [-0.2, 0) is 28.0 Å². The second kappa shape index (κ2) is 8.69. The van der Waals surface area contributed by atoms with Crippen molar-refractivity contribution in [1.29, 1.82) is 0 Å². The summed E-state index contributed by atoms with van der Waals surface area (Å²) in [6.07, 6.45) is 6.92. The lowest BCUT2D eigenvalue weighted by Gasteiger charge is -2.34. The molecule has 174 valence electrons. The largest absolute Gasteiger partial charge is 0.483 e. The maximum atomic E-state index is 13.8. The molecule has 2 amide bonds. The summed E-state index contributed by atoms with van der Waals surface area (Å²) in [6, 6.07) is 11.1. The Bertz CT molecular complexity index is 1240. The van der Waals surface area contributed by atoms with Gasteiger partial charge in [-0.25, -0.2) is 0 Å². The first kappa shape index (κ1) is 21.7. The van der Waals surface area contributed by atoms with Crippen LogP contribution in [0.2, 0.25) is 0 Å². The molecule has 2 unspecified atom stereocenters. The first-order valence-corrected chi connectivity index (χ1v) is 11.2. The molecule has 10 nitrogen and oxygen atoms in total. The van der Waals surface area contributed by atoms with Gasteiger partial charge in [-0.15, -0.1) is 10.2 Å². The molecule has 3 aromatic rings. The topological polar surface area (TPSA) is 130 Å². The highest BCUT2D eigenvalue weighted by atomic mass is 16.3. The Morgan fingerprint density at radius 1 is 1.15 bits per heavy atom. The fourth-order valence-electron chi connectivity index (χ4n) is 5.50. The summed E-state index contributed by atoms with van der Waals surface area (Å²) >= 11 is 0. The first-order valence-electron chi connectivity index (χ1n) is 11.2. The molecule has 5 heterocycles. The minimum Gasteiger partial charge on any atom is -0.483 e. The minimum atomic E-state index is -0.847. The highest BCUT2D eigenvalue weighted by Crippen LogP contribution is 2.54. The smallest absolute Gasteiger partial charge is 0.292 e. The number of rotatable bonds is 2. The van der Waals surface area contributed by atoms with Gasteiger partial charge in [0.1, 0.15) is 11.2 Å². The van der Waals surface area contributed by atoms with E-state index in [1.54, 1.807) is 17.3 Å². The van der Waals surface area contributed by atoms with E-state index >= 15 is 0 Å². The lowest BCUT2D eigenvalue weighted by molar-refractivity contribution is -0.123. The van der Waals surface area contributed by atoms with Gasteiger partial charge in [0.05, 0.1) is 6.04 Å². The van der Waals surface area contributed by atoms with Crippen molar-refractivity contribution in [3.63, 3.8) is 0 Å². The van der Waals surface area contributed by atoms with Crippen LogP contribution >= 0.6 is 0 Å². The summed E-state index contributed by atoms with van der Waals surface area (Å²) in [6.45, 7) is 0.964. The molecule has 34 heavy (non-hydrogen) atoms. The number of carbonyl (C=O) groups is 3. The highest BCUT2D eigenvalue weighted by molar-refractivity contribution is 6.08. The zero-order valence-corrected chi connectivity index (χ0v) is 18.4. The van der Waals surface area contributed by atoms with Gasteiger partial charge in [-0.1, -0.05) is 24.3 Å². The quantitative estimate of drug-likeness (QED) is 0.561. The van der Waals surface area contributed by atoms with E-state index in [0.29, 0.717) is 18.8 Å². The van der Waals surface area contributed by atoms with Gasteiger partial charge in [-0.2, -0.15) is 0 Å². The van der Waals surface area contributed by atoms with Crippen LogP contribution in [0.4, 0.5) is 5.69 Å². The third-order valence-corrected chi connectivity index (χ3v) is 6.90. The average Bonchev–Trinajstić information content (AvgIpc) is 3.55. The van der Waals surface area contributed by atoms with Crippen LogP contribution < -0.4 is 5.32 Å². The molecular formula is C24H24N6O4. The maximum absolute atomic E-state index is 13.8. The average molecular weight is 460 g/mol. The van der Waals surface area contributed by atoms with E-state index in [-0.39, 0.29) is 18.3 Å². The molecule has 1 saturated heterocycles. The van der Waals surface area contributed by atoms with Crippen LogP contribution in [0, 0.1) is 0 Å². The standard InChI is InChI=1S/C23H22N6O2.CH2O2/c30-21(20-27-26-18-9-3-4-12-28(18)20)29-13-10-23(19(29)15-6-5-11-24-14-15)16-7-1-2-8-17(16)25-22(23)31;2-1-3/h1-2,5-8,11,14,19H,3-4,9-10,12-13H2,(H,25,31);1H,(H,2,3). The Morgan fingerprint density at radius 2 is 1.97 bits per heavy atom. The van der Waals surface area contributed by atoms with Crippen LogP contribution in [0.15, 0.2) is 48.8 Å². The lowest BCUT2D eigenvalue weighted by Crippen LogP contribution is -2.43. The zero-order valence-electron chi connectivity index (χ0n) is 18.4. The molecule has 2 aromatic heterocycles. The molecule has 0 bridgehead atoms. The lowest BCUT2D eigenvalue weighted by atomic mass is 9.73. The van der Waals surface area contributed by atoms with Gasteiger partial charge in [0.25, 0.3) is 12.4 Å². The molecule has 0 saturated carbocycles. The Hall–Kier alpha value is -4.08. The molecule has 2 N–H and O–H groups in total. The number of likely N-dealkylation sites (tertiary alicyclic amines) is 1. The van der Waals surface area contributed by atoms with E-state index in [0.717, 1.165) is 48.4 Å². The second-order valence-corrected chi connectivity index (χ2v) is 8.56. The van der Waals surface area contributed by atoms with E-state index in [1.165, 1.54) is 0 Å². The third kappa shape index (κ3) is 3.25. The predicted molar refractivity (Wildman–Crippen MR) is 121 cm³/mol. The third-order valence-electron chi connectivity index (χ3n) is 6.90. The van der Waals surface area contributed by atoms with Crippen molar-refractivity contribution in [3.8, 4) is 0 Å². The Kier molecular flexibility index (Phi) is 5.56. The Labute approximate surface area is 195 Å². The molecule has 6 rings (SSSR count). The normalized spacial score (nSPS) is 22.4. The van der Waals surface area contributed by atoms with E-state index < -0.39 is 11.5 Å². The summed E-state index contributed by atoms with van der Waals surface area (Å²) in [5.74, 6) is 0.988. The summed E-state index contributed by atoms with van der Waals surface area (Å²) in [5, 5.41) is 18.4. The highest BCUT2D eigenvalue weighted by Gasteiger charge is 2.59. The number of fused-ring (bicyclic) bond motifs is 3. The van der Waals surface area contributed by atoms with Gasteiger partial charge in [-0.05, 0) is 42.5 Å². The van der Waals surface area contributed by atoms with Gasteiger partial charge >= 0.3 is 0 Å². The summed E-state index contributed by atoms with van der Waals surface area (Å²) in [4.78, 5) is 41.6. The fraction of sp³-hybridized carbons (Fsp3) is 0.333. The van der Waals surface area contributed by atoms with Crippen molar-refractivity contribution < 1.29 is 19.5 Å². The number of amides is 2. The Balaban J connectivity index is 0.000000764. The van der Waals surface area contributed by atoms with Crippen molar-refractivity contribution in [1.82, 2.24) is 24.6 Å². The van der Waals surface area contributed by atoms with Crippen LogP contribution in [0.25, 0.3) is 0 Å². The number of anilines is 1. The molecule has 1 spiro atoms. The fourth-order valence-corrected chi connectivity index (χ4v) is 5.50. The number of carboxylic acid groups (broad SMARTS) is 1. The number of aryl methyl sites for hydroxylation is 1. The van der Waals surface area contributed by atoms with E-state index in [4.69, 9.17) is 9.90 Å². The van der Waals surface area contributed by atoms with E-state index in [9.17, 15) is 9.59 Å². The van der Waals surface area contributed by atoms with Crippen LogP contribution in [0.5, 0.6) is 0 Å². The number of aromatic nitrogens is 4. The molecule has 3 aliphatic rings. The molecule has 2 atom stereocenters. The molecule has 1 aromatic carbocycles. The summed E-state index contributed by atoms with van der Waals surface area (Å²) in [5.41, 5.74) is 1.75. The van der Waals surface area contributed by atoms with Gasteiger partial charge in [0.2, 0.25) is 11.7 Å². The molecule has 3 aliphatic heterocycles. The monoisotopic (exact) mass is 460 g/mol. The second-order valence-electron chi connectivity index (χ2n) is 8.56. The summed E-state index contributed by atoms with van der Waals surface area (Å²) in [7, 11) is 0. The van der Waals surface area contributed by atoms with Crippen LogP contribution in [-0.4, -0.2) is 54.6 Å². The first-order chi connectivity index (χ1) is 16.6. The molecular weight excluding hydrogens is 436 g/mol. The number of hydrogen-bond acceptors (Lipinski definition) is 6. The van der Waals surface area contributed by atoms with Gasteiger partial charge < -0.3 is 19.9 Å². The van der Waals surface area contributed by atoms with Crippen molar-refractivity contribution in [2.24, 2.45) is 0 Å². The number of carbonyl (C=O) groups excluding carboxylic acids is 2. The van der Waals surface area contributed by atoms with Crippen molar-refractivity contribution in [2.75, 3.05) is 11.9 Å². The van der Waals surface area contributed by atoms with Crippen molar-refractivity contribution in [2.45, 2.75) is 43.7 Å². The predicted octanol–water partition coefficient (Wildman–Crippen LogP) is 2.19. The van der Waals surface area contributed by atoms with Crippen LogP contribution in [0.1, 0.15) is 52.9 Å².